The lowest BCUT2D eigenvalue weighted by Crippen LogP contribution is -2.15. The van der Waals surface area contributed by atoms with Crippen molar-refractivity contribution in [1.82, 2.24) is 5.32 Å². The number of carbonyl (C=O) groups is 1. The molecule has 0 unspecified atom stereocenters. The first-order valence-electron chi connectivity index (χ1n) is 6.33. The van der Waals surface area contributed by atoms with Crippen molar-refractivity contribution >= 4 is 35.8 Å². The Labute approximate surface area is 126 Å². The molecule has 0 saturated carbocycles. The van der Waals surface area contributed by atoms with Crippen LogP contribution >= 0.6 is 24.2 Å². The van der Waals surface area contributed by atoms with E-state index in [2.05, 4.69) is 24.5 Å². The third kappa shape index (κ3) is 7.45. The number of hydrogen-bond donors (Lipinski definition) is 2. The summed E-state index contributed by atoms with van der Waals surface area (Å²) in [5.41, 5.74) is 0.922. The highest BCUT2D eigenvalue weighted by molar-refractivity contribution is 8.00. The fourth-order valence-corrected chi connectivity index (χ4v) is 2.48. The number of hydrogen-bond acceptors (Lipinski definition) is 3. The molecule has 0 radical (unpaired) electrons. The third-order valence-corrected chi connectivity index (χ3v) is 3.44. The molecule has 0 saturated heterocycles. The molecule has 1 aromatic carbocycles. The van der Waals surface area contributed by atoms with Gasteiger partial charge in [-0.15, -0.1) is 24.2 Å². The van der Waals surface area contributed by atoms with E-state index >= 15 is 0 Å². The van der Waals surface area contributed by atoms with Crippen molar-refractivity contribution in [3.8, 4) is 0 Å². The molecule has 0 aliphatic rings. The maximum atomic E-state index is 11.8. The monoisotopic (exact) mass is 302 g/mol. The van der Waals surface area contributed by atoms with Gasteiger partial charge in [0.2, 0.25) is 5.91 Å². The van der Waals surface area contributed by atoms with Crippen LogP contribution in [-0.2, 0) is 4.79 Å². The van der Waals surface area contributed by atoms with Gasteiger partial charge in [-0.25, -0.2) is 0 Å². The summed E-state index contributed by atoms with van der Waals surface area (Å²) in [5.74, 6) is 0.0852. The smallest absolute Gasteiger partial charge is 0.224 e. The summed E-state index contributed by atoms with van der Waals surface area (Å²) in [6.45, 7) is 5.17. The van der Waals surface area contributed by atoms with Crippen LogP contribution < -0.4 is 10.6 Å². The summed E-state index contributed by atoms with van der Waals surface area (Å²) in [5, 5.41) is 6.53. The Kier molecular flexibility index (Phi) is 9.74. The van der Waals surface area contributed by atoms with Gasteiger partial charge in [0.15, 0.2) is 0 Å². The maximum Gasteiger partial charge on any atom is 0.224 e. The second kappa shape index (κ2) is 10.1. The van der Waals surface area contributed by atoms with Crippen molar-refractivity contribution in [2.75, 3.05) is 18.9 Å². The lowest BCUT2D eigenvalue weighted by Gasteiger charge is -2.12. The van der Waals surface area contributed by atoms with Gasteiger partial charge in [0.1, 0.15) is 0 Å². The number of nitrogens with one attached hydrogen (secondary N) is 2. The normalized spacial score (nSPS) is 10.1. The molecule has 1 amide bonds. The van der Waals surface area contributed by atoms with Crippen molar-refractivity contribution in [3.05, 3.63) is 24.3 Å². The van der Waals surface area contributed by atoms with Crippen molar-refractivity contribution in [1.29, 1.82) is 0 Å². The number of benzene rings is 1. The predicted molar refractivity (Wildman–Crippen MR) is 86.5 cm³/mol. The Morgan fingerprint density at radius 1 is 1.32 bits per heavy atom. The van der Waals surface area contributed by atoms with Gasteiger partial charge < -0.3 is 10.6 Å². The molecule has 1 aromatic rings. The molecule has 0 fully saturated rings. The van der Waals surface area contributed by atoms with Crippen molar-refractivity contribution < 1.29 is 4.79 Å². The second-order valence-corrected chi connectivity index (χ2v) is 6.04. The summed E-state index contributed by atoms with van der Waals surface area (Å²) >= 11 is 1.77. The zero-order valence-corrected chi connectivity index (χ0v) is 13.4. The minimum absolute atomic E-state index is 0. The Balaban J connectivity index is 0.00000324. The zero-order chi connectivity index (χ0) is 13.4. The number of amides is 1. The van der Waals surface area contributed by atoms with E-state index in [1.54, 1.807) is 11.8 Å². The highest BCUT2D eigenvalue weighted by Gasteiger charge is 2.07. The van der Waals surface area contributed by atoms with Crippen molar-refractivity contribution in [3.63, 3.8) is 0 Å². The number of carbonyl (C=O) groups excluding carboxylic acids is 1. The first-order chi connectivity index (χ1) is 8.63. The SMILES string of the molecule is CNCCCC(=O)Nc1ccccc1SC(C)C.Cl. The average Bonchev–Trinajstić information content (AvgIpc) is 2.31. The quantitative estimate of drug-likeness (QED) is 0.598. The summed E-state index contributed by atoms with van der Waals surface area (Å²) in [6, 6.07) is 7.96. The molecule has 1 rings (SSSR count). The first-order valence-corrected chi connectivity index (χ1v) is 7.21. The van der Waals surface area contributed by atoms with E-state index in [-0.39, 0.29) is 18.3 Å². The topological polar surface area (TPSA) is 41.1 Å². The van der Waals surface area contributed by atoms with Gasteiger partial charge in [0.05, 0.1) is 5.69 Å². The Hall–Kier alpha value is -0.710. The first kappa shape index (κ1) is 18.3. The van der Waals surface area contributed by atoms with Crippen LogP contribution in [0.2, 0.25) is 0 Å². The predicted octanol–water partition coefficient (Wildman–Crippen LogP) is 3.55. The van der Waals surface area contributed by atoms with Gasteiger partial charge in [-0.3, -0.25) is 4.79 Å². The highest BCUT2D eigenvalue weighted by Crippen LogP contribution is 2.30. The lowest BCUT2D eigenvalue weighted by molar-refractivity contribution is -0.116. The zero-order valence-electron chi connectivity index (χ0n) is 11.7. The highest BCUT2D eigenvalue weighted by atomic mass is 35.5. The second-order valence-electron chi connectivity index (χ2n) is 4.42. The van der Waals surface area contributed by atoms with E-state index < -0.39 is 0 Å². The number of rotatable bonds is 7. The third-order valence-electron chi connectivity index (χ3n) is 2.35. The van der Waals surface area contributed by atoms with Gasteiger partial charge in [-0.1, -0.05) is 26.0 Å². The molecule has 0 spiro atoms. The summed E-state index contributed by atoms with van der Waals surface area (Å²) in [7, 11) is 1.90. The molecular formula is C14H23ClN2OS. The van der Waals surface area contributed by atoms with Crippen LogP contribution in [0.3, 0.4) is 0 Å². The molecule has 5 heteroatoms. The van der Waals surface area contributed by atoms with E-state index in [9.17, 15) is 4.79 Å². The maximum absolute atomic E-state index is 11.8. The minimum Gasteiger partial charge on any atom is -0.325 e. The van der Waals surface area contributed by atoms with Gasteiger partial charge in [-0.2, -0.15) is 0 Å². The molecule has 19 heavy (non-hydrogen) atoms. The van der Waals surface area contributed by atoms with Crippen LogP contribution in [-0.4, -0.2) is 24.7 Å². The van der Waals surface area contributed by atoms with E-state index in [4.69, 9.17) is 0 Å². The Bertz CT molecular complexity index is 385. The minimum atomic E-state index is 0. The molecule has 0 aliphatic heterocycles. The van der Waals surface area contributed by atoms with E-state index in [1.165, 1.54) is 0 Å². The molecule has 2 N–H and O–H groups in total. The van der Waals surface area contributed by atoms with Gasteiger partial charge in [0, 0.05) is 16.6 Å². The van der Waals surface area contributed by atoms with Crippen LogP contribution in [0.25, 0.3) is 0 Å². The Morgan fingerprint density at radius 2 is 2.00 bits per heavy atom. The van der Waals surface area contributed by atoms with Crippen molar-refractivity contribution in [2.24, 2.45) is 0 Å². The van der Waals surface area contributed by atoms with Gasteiger partial charge in [0.25, 0.3) is 0 Å². The van der Waals surface area contributed by atoms with E-state index in [0.29, 0.717) is 11.7 Å². The van der Waals surface area contributed by atoms with Crippen LogP contribution in [0.5, 0.6) is 0 Å². The number of thioether (sulfide) groups is 1. The fraction of sp³-hybridized carbons (Fsp3) is 0.500. The number of anilines is 1. The molecule has 0 aliphatic carbocycles. The summed E-state index contributed by atoms with van der Waals surface area (Å²) < 4.78 is 0. The van der Waals surface area contributed by atoms with Gasteiger partial charge in [-0.05, 0) is 32.1 Å². The standard InChI is InChI=1S/C14H22N2OS.ClH/c1-11(2)18-13-8-5-4-7-12(13)16-14(17)9-6-10-15-3;/h4-5,7-8,11,15H,6,9-10H2,1-3H3,(H,16,17);1H. The summed E-state index contributed by atoms with van der Waals surface area (Å²) in [6.07, 6.45) is 1.42. The largest absolute Gasteiger partial charge is 0.325 e. The average molecular weight is 303 g/mol. The Morgan fingerprint density at radius 3 is 2.63 bits per heavy atom. The molecule has 3 nitrogen and oxygen atoms in total. The van der Waals surface area contributed by atoms with Crippen LogP contribution in [0.15, 0.2) is 29.2 Å². The van der Waals surface area contributed by atoms with Crippen LogP contribution in [0.4, 0.5) is 5.69 Å². The lowest BCUT2D eigenvalue weighted by atomic mass is 10.2. The summed E-state index contributed by atoms with van der Waals surface area (Å²) in [4.78, 5) is 12.9. The number of halogens is 1. The van der Waals surface area contributed by atoms with Gasteiger partial charge >= 0.3 is 0 Å². The molecule has 0 atom stereocenters. The number of para-hydroxylation sites is 1. The van der Waals surface area contributed by atoms with E-state index in [0.717, 1.165) is 23.5 Å². The fourth-order valence-electron chi connectivity index (χ4n) is 1.57. The molecule has 0 heterocycles. The van der Waals surface area contributed by atoms with E-state index in [1.807, 2.05) is 31.3 Å². The molecule has 108 valence electrons. The molecular weight excluding hydrogens is 280 g/mol. The van der Waals surface area contributed by atoms with Crippen LogP contribution in [0, 0.1) is 0 Å². The van der Waals surface area contributed by atoms with Crippen molar-refractivity contribution in [2.45, 2.75) is 36.8 Å². The molecule has 0 aromatic heterocycles. The van der Waals surface area contributed by atoms with Crippen LogP contribution in [0.1, 0.15) is 26.7 Å². The molecule has 0 bridgehead atoms.